The van der Waals surface area contributed by atoms with Crippen LogP contribution < -0.4 is 4.74 Å². The molecule has 1 aliphatic heterocycles. The van der Waals surface area contributed by atoms with Crippen molar-refractivity contribution in [1.29, 1.82) is 0 Å². The van der Waals surface area contributed by atoms with Gasteiger partial charge in [-0.3, -0.25) is 19.4 Å². The Hall–Kier alpha value is -3.06. The molecule has 1 saturated heterocycles. The molecule has 2 heterocycles. The first-order valence-electron chi connectivity index (χ1n) is 9.01. The number of pyridine rings is 1. The fraction of sp³-hybridized carbons (Fsp3) is 0.333. The number of hydrogen-bond donors (Lipinski definition) is 0. The average molecular weight is 381 g/mol. The average Bonchev–Trinajstić information content (AvgIpc) is 2.97. The normalized spacial score (nSPS) is 19.4. The molecular formula is C21H23N3O4. The summed E-state index contributed by atoms with van der Waals surface area (Å²) in [6.45, 7) is 0.925. The molecule has 1 aliphatic rings. The zero-order valence-corrected chi connectivity index (χ0v) is 16.2. The molecule has 7 nitrogen and oxygen atoms in total. The lowest BCUT2D eigenvalue weighted by Gasteiger charge is -2.28. The molecule has 0 spiro atoms. The van der Waals surface area contributed by atoms with Crippen LogP contribution in [0.15, 0.2) is 48.8 Å². The van der Waals surface area contributed by atoms with Gasteiger partial charge in [-0.25, -0.2) is 0 Å². The molecule has 28 heavy (non-hydrogen) atoms. The Balaban J connectivity index is 2.02. The van der Waals surface area contributed by atoms with Gasteiger partial charge >= 0.3 is 0 Å². The van der Waals surface area contributed by atoms with Crippen molar-refractivity contribution in [2.24, 2.45) is 5.92 Å². The molecule has 7 heteroatoms. The lowest BCUT2D eigenvalue weighted by atomic mass is 9.87. The molecule has 0 aliphatic carbocycles. The number of carbonyl (C=O) groups excluding carboxylic acids is 3. The van der Waals surface area contributed by atoms with E-state index in [0.29, 0.717) is 30.0 Å². The van der Waals surface area contributed by atoms with Crippen LogP contribution in [0.3, 0.4) is 0 Å². The zero-order chi connectivity index (χ0) is 20.3. The van der Waals surface area contributed by atoms with Gasteiger partial charge in [0, 0.05) is 31.0 Å². The van der Waals surface area contributed by atoms with Gasteiger partial charge in [-0.1, -0.05) is 18.2 Å². The Morgan fingerprint density at radius 1 is 1.21 bits per heavy atom. The van der Waals surface area contributed by atoms with E-state index in [-0.39, 0.29) is 0 Å². The number of aromatic nitrogens is 1. The molecule has 2 atom stereocenters. The van der Waals surface area contributed by atoms with E-state index in [1.807, 2.05) is 19.0 Å². The van der Waals surface area contributed by atoms with Crippen LogP contribution in [-0.2, 0) is 9.59 Å². The summed E-state index contributed by atoms with van der Waals surface area (Å²) in [5.41, 5.74) is 1.01. The highest BCUT2D eigenvalue weighted by Gasteiger charge is 2.51. The third kappa shape index (κ3) is 3.80. The molecular weight excluding hydrogens is 358 g/mol. The predicted octanol–water partition coefficient (Wildman–Crippen LogP) is 1.60. The minimum atomic E-state index is -1.11. The van der Waals surface area contributed by atoms with Crippen molar-refractivity contribution in [3.63, 3.8) is 0 Å². The molecule has 3 rings (SSSR count). The fourth-order valence-corrected chi connectivity index (χ4v) is 3.41. The van der Waals surface area contributed by atoms with Crippen molar-refractivity contribution in [1.82, 2.24) is 14.8 Å². The van der Waals surface area contributed by atoms with Crippen LogP contribution in [0.5, 0.6) is 5.75 Å². The van der Waals surface area contributed by atoms with Crippen LogP contribution >= 0.6 is 0 Å². The smallest absolute Gasteiger partial charge is 0.291 e. The zero-order valence-electron chi connectivity index (χ0n) is 16.2. The van der Waals surface area contributed by atoms with Gasteiger partial charge in [0.2, 0.25) is 5.78 Å². The summed E-state index contributed by atoms with van der Waals surface area (Å²) < 4.78 is 5.18. The maximum atomic E-state index is 13.3. The van der Waals surface area contributed by atoms with Gasteiger partial charge < -0.3 is 14.5 Å². The first kappa shape index (κ1) is 19.7. The molecule has 0 N–H and O–H groups in total. The van der Waals surface area contributed by atoms with E-state index in [2.05, 4.69) is 4.98 Å². The quantitative estimate of drug-likeness (QED) is 0.412. The van der Waals surface area contributed by atoms with Gasteiger partial charge in [0.05, 0.1) is 13.2 Å². The number of nitrogens with zero attached hydrogens (tertiary/aromatic N) is 3. The maximum absolute atomic E-state index is 13.3. The number of ether oxygens (including phenoxy) is 1. The molecule has 0 bridgehead atoms. The minimum absolute atomic E-state index is 0.342. The summed E-state index contributed by atoms with van der Waals surface area (Å²) in [7, 11) is 5.29. The van der Waals surface area contributed by atoms with Gasteiger partial charge in [0.25, 0.3) is 5.91 Å². The van der Waals surface area contributed by atoms with Gasteiger partial charge in [-0.05, 0) is 37.9 Å². The van der Waals surface area contributed by atoms with Crippen molar-refractivity contribution in [3.8, 4) is 5.75 Å². The van der Waals surface area contributed by atoms with E-state index in [0.717, 1.165) is 0 Å². The number of carbonyl (C=O) groups is 3. The van der Waals surface area contributed by atoms with Crippen molar-refractivity contribution in [3.05, 3.63) is 59.9 Å². The maximum Gasteiger partial charge on any atom is 0.291 e. The van der Waals surface area contributed by atoms with E-state index in [9.17, 15) is 14.4 Å². The van der Waals surface area contributed by atoms with Crippen LogP contribution in [0.1, 0.15) is 22.0 Å². The SMILES string of the molecule is COc1cccc(C(=O)C2C(=O)C(=O)N(CCN(C)C)C2c2cccnc2)c1. The highest BCUT2D eigenvalue weighted by molar-refractivity contribution is 6.44. The Kier molecular flexibility index (Phi) is 5.84. The summed E-state index contributed by atoms with van der Waals surface area (Å²) in [4.78, 5) is 46.3. The summed E-state index contributed by atoms with van der Waals surface area (Å²) in [5, 5.41) is 0. The number of benzene rings is 1. The largest absolute Gasteiger partial charge is 0.497 e. The molecule has 0 saturated carbocycles. The van der Waals surface area contributed by atoms with E-state index in [1.54, 1.807) is 48.8 Å². The Labute approximate surface area is 163 Å². The predicted molar refractivity (Wildman–Crippen MR) is 103 cm³/mol. The van der Waals surface area contributed by atoms with Crippen LogP contribution in [0.25, 0.3) is 0 Å². The van der Waals surface area contributed by atoms with E-state index in [1.165, 1.54) is 12.0 Å². The number of amides is 1. The van der Waals surface area contributed by atoms with Crippen molar-refractivity contribution in [2.45, 2.75) is 6.04 Å². The number of rotatable bonds is 7. The second kappa shape index (κ2) is 8.31. The Bertz CT molecular complexity index is 882. The second-order valence-corrected chi connectivity index (χ2v) is 6.97. The van der Waals surface area contributed by atoms with Crippen LogP contribution in [0.4, 0.5) is 0 Å². The Morgan fingerprint density at radius 3 is 2.64 bits per heavy atom. The molecule has 2 aromatic rings. The lowest BCUT2D eigenvalue weighted by Crippen LogP contribution is -2.36. The molecule has 146 valence electrons. The number of Topliss-reactive ketones (excluding diaryl/α,β-unsaturated/α-hetero) is 2. The fourth-order valence-electron chi connectivity index (χ4n) is 3.41. The Morgan fingerprint density at radius 2 is 2.00 bits per heavy atom. The van der Waals surface area contributed by atoms with Crippen LogP contribution in [-0.4, -0.2) is 66.6 Å². The van der Waals surface area contributed by atoms with Crippen LogP contribution in [0, 0.1) is 5.92 Å². The summed E-state index contributed by atoms with van der Waals surface area (Å²) in [5.74, 6) is -2.29. The highest BCUT2D eigenvalue weighted by Crippen LogP contribution is 2.38. The van der Waals surface area contributed by atoms with Crippen LogP contribution in [0.2, 0.25) is 0 Å². The first-order valence-corrected chi connectivity index (χ1v) is 9.01. The summed E-state index contributed by atoms with van der Waals surface area (Å²) in [6, 6.07) is 9.48. The molecule has 2 unspecified atom stereocenters. The molecule has 1 amide bonds. The van der Waals surface area contributed by atoms with E-state index in [4.69, 9.17) is 4.74 Å². The monoisotopic (exact) mass is 381 g/mol. The number of methoxy groups -OCH3 is 1. The highest BCUT2D eigenvalue weighted by atomic mass is 16.5. The van der Waals surface area contributed by atoms with Gasteiger partial charge in [0.15, 0.2) is 5.78 Å². The third-order valence-electron chi connectivity index (χ3n) is 4.86. The van der Waals surface area contributed by atoms with Crippen molar-refractivity contribution < 1.29 is 19.1 Å². The van der Waals surface area contributed by atoms with Gasteiger partial charge in [0.1, 0.15) is 11.7 Å². The summed E-state index contributed by atoms with van der Waals surface area (Å²) in [6.07, 6.45) is 3.22. The number of ketones is 2. The number of likely N-dealkylation sites (tertiary alicyclic amines) is 1. The third-order valence-corrected chi connectivity index (χ3v) is 4.86. The van der Waals surface area contributed by atoms with E-state index >= 15 is 0 Å². The van der Waals surface area contributed by atoms with Gasteiger partial charge in [-0.2, -0.15) is 0 Å². The molecule has 1 fully saturated rings. The lowest BCUT2D eigenvalue weighted by molar-refractivity contribution is -0.140. The molecule has 1 aromatic heterocycles. The topological polar surface area (TPSA) is 79.8 Å². The summed E-state index contributed by atoms with van der Waals surface area (Å²) >= 11 is 0. The van der Waals surface area contributed by atoms with E-state index < -0.39 is 29.4 Å². The molecule has 0 radical (unpaired) electrons. The van der Waals surface area contributed by atoms with Gasteiger partial charge in [-0.15, -0.1) is 0 Å². The first-order chi connectivity index (χ1) is 13.4. The van der Waals surface area contributed by atoms with Crippen molar-refractivity contribution in [2.75, 3.05) is 34.3 Å². The number of likely N-dealkylation sites (N-methyl/N-ethyl adjacent to an activating group) is 1. The second-order valence-electron chi connectivity index (χ2n) is 6.97. The van der Waals surface area contributed by atoms with Crippen molar-refractivity contribution >= 4 is 17.5 Å². The minimum Gasteiger partial charge on any atom is -0.497 e. The number of hydrogen-bond acceptors (Lipinski definition) is 6. The molecule has 1 aromatic carbocycles. The standard InChI is InChI=1S/C21H23N3O4/c1-23(2)10-11-24-18(15-7-5-9-22-13-15)17(20(26)21(24)27)19(25)14-6-4-8-16(12-14)28-3/h4-9,12-13,17-18H,10-11H2,1-3H3.